The molecule has 1 aliphatic heterocycles. The van der Waals surface area contributed by atoms with Crippen molar-refractivity contribution in [1.29, 1.82) is 0 Å². The largest absolute Gasteiger partial charge is 0.392 e. The fourth-order valence-corrected chi connectivity index (χ4v) is 2.83. The summed E-state index contributed by atoms with van der Waals surface area (Å²) in [5.74, 6) is 0.00879. The molecule has 0 aliphatic carbocycles. The third kappa shape index (κ3) is 4.02. The number of piperazine rings is 1. The van der Waals surface area contributed by atoms with Crippen molar-refractivity contribution in [2.24, 2.45) is 0 Å². The van der Waals surface area contributed by atoms with Crippen LogP contribution in [0.25, 0.3) is 0 Å². The van der Waals surface area contributed by atoms with Gasteiger partial charge in [0, 0.05) is 38.4 Å². The van der Waals surface area contributed by atoms with Crippen molar-refractivity contribution in [3.63, 3.8) is 0 Å². The molecular weight excluding hydrogens is 266 g/mol. The monoisotopic (exact) mass is 291 g/mol. The minimum absolute atomic E-state index is 0.00879. The fourth-order valence-electron chi connectivity index (χ4n) is 2.83. The van der Waals surface area contributed by atoms with Gasteiger partial charge in [-0.15, -0.1) is 0 Å². The smallest absolute Gasteiger partial charge is 0.272 e. The van der Waals surface area contributed by atoms with Crippen LogP contribution < -0.4 is 0 Å². The van der Waals surface area contributed by atoms with Gasteiger partial charge in [-0.2, -0.15) is 0 Å². The van der Waals surface area contributed by atoms with Gasteiger partial charge in [0.05, 0.1) is 6.10 Å². The lowest BCUT2D eigenvalue weighted by Crippen LogP contribution is -2.55. The van der Waals surface area contributed by atoms with Crippen LogP contribution >= 0.6 is 0 Å². The van der Waals surface area contributed by atoms with Gasteiger partial charge in [-0.3, -0.25) is 14.7 Å². The molecule has 0 bridgehead atoms. The molecule has 1 N–H and O–H groups in total. The molecule has 0 radical (unpaired) electrons. The van der Waals surface area contributed by atoms with Crippen molar-refractivity contribution in [1.82, 2.24) is 14.8 Å². The number of amides is 1. The molecule has 1 aromatic heterocycles. The molecule has 0 unspecified atom stereocenters. The molecule has 0 spiro atoms. The van der Waals surface area contributed by atoms with Crippen molar-refractivity contribution < 1.29 is 9.90 Å². The number of pyridine rings is 1. The number of β-amino-alcohol motifs (C(OH)–C–C–N with tert-alkyl or cyclic N) is 1. The molecular formula is C16H25N3O2. The number of nitrogens with zero attached hydrogens (tertiary/aromatic N) is 3. The molecule has 5 heteroatoms. The van der Waals surface area contributed by atoms with E-state index in [0.29, 0.717) is 18.8 Å². The van der Waals surface area contributed by atoms with Crippen LogP contribution in [0.5, 0.6) is 0 Å². The molecule has 0 aromatic carbocycles. The lowest BCUT2D eigenvalue weighted by Gasteiger charge is -2.40. The summed E-state index contributed by atoms with van der Waals surface area (Å²) in [6.07, 6.45) is 2.28. The first-order valence-corrected chi connectivity index (χ1v) is 7.67. The van der Waals surface area contributed by atoms with Gasteiger partial charge in [0.25, 0.3) is 5.91 Å². The number of aliphatic hydroxyl groups excluding tert-OH is 1. The van der Waals surface area contributed by atoms with Crippen LogP contribution in [0.4, 0.5) is 0 Å². The van der Waals surface area contributed by atoms with Gasteiger partial charge in [0.2, 0.25) is 0 Å². The standard InChI is InChI=1S/C16H25N3O2/c1-4-14-5-6-17-15(9-14)16(21)19-8-7-18(10-12(19)2)11-13(3)20/h5-6,9,12-13,20H,4,7-8,10-11H2,1-3H3/t12-,13-/m0/s1. The molecule has 1 aromatic rings. The topological polar surface area (TPSA) is 56.7 Å². The fraction of sp³-hybridized carbons (Fsp3) is 0.625. The third-order valence-electron chi connectivity index (χ3n) is 3.95. The zero-order valence-electron chi connectivity index (χ0n) is 13.1. The Morgan fingerprint density at radius 3 is 2.90 bits per heavy atom. The van der Waals surface area contributed by atoms with Crippen LogP contribution in [0.2, 0.25) is 0 Å². The van der Waals surface area contributed by atoms with Gasteiger partial charge in [-0.25, -0.2) is 0 Å². The van der Waals surface area contributed by atoms with Gasteiger partial charge in [0.1, 0.15) is 5.69 Å². The molecule has 2 atom stereocenters. The molecule has 1 saturated heterocycles. The zero-order valence-corrected chi connectivity index (χ0v) is 13.1. The van der Waals surface area contributed by atoms with Crippen molar-refractivity contribution in [2.75, 3.05) is 26.2 Å². The highest BCUT2D eigenvalue weighted by molar-refractivity contribution is 5.92. The number of aromatic nitrogens is 1. The number of hydrogen-bond donors (Lipinski definition) is 1. The van der Waals surface area contributed by atoms with E-state index in [1.54, 1.807) is 13.1 Å². The van der Waals surface area contributed by atoms with Gasteiger partial charge in [-0.1, -0.05) is 6.92 Å². The molecule has 2 rings (SSSR count). The molecule has 0 saturated carbocycles. The van der Waals surface area contributed by atoms with E-state index >= 15 is 0 Å². The highest BCUT2D eigenvalue weighted by atomic mass is 16.3. The Labute approximate surface area is 126 Å². The van der Waals surface area contributed by atoms with E-state index < -0.39 is 0 Å². The first kappa shape index (κ1) is 15.9. The minimum atomic E-state index is -0.331. The third-order valence-corrected chi connectivity index (χ3v) is 3.95. The van der Waals surface area contributed by atoms with Crippen LogP contribution in [0.3, 0.4) is 0 Å². The Morgan fingerprint density at radius 1 is 1.52 bits per heavy atom. The maximum absolute atomic E-state index is 12.6. The number of carbonyl (C=O) groups excluding carboxylic acids is 1. The molecule has 1 aliphatic rings. The van der Waals surface area contributed by atoms with E-state index in [-0.39, 0.29) is 18.1 Å². The van der Waals surface area contributed by atoms with E-state index in [2.05, 4.69) is 23.7 Å². The Kier molecular flexibility index (Phi) is 5.31. The van der Waals surface area contributed by atoms with E-state index in [0.717, 1.165) is 25.1 Å². The van der Waals surface area contributed by atoms with Crippen LogP contribution in [-0.4, -0.2) is 64.1 Å². The van der Waals surface area contributed by atoms with E-state index in [1.807, 2.05) is 17.0 Å². The molecule has 5 nitrogen and oxygen atoms in total. The Balaban J connectivity index is 2.03. The number of hydrogen-bond acceptors (Lipinski definition) is 4. The van der Waals surface area contributed by atoms with Crippen molar-refractivity contribution >= 4 is 5.91 Å². The average molecular weight is 291 g/mol. The van der Waals surface area contributed by atoms with Gasteiger partial charge >= 0.3 is 0 Å². The van der Waals surface area contributed by atoms with Crippen LogP contribution in [0, 0.1) is 0 Å². The summed E-state index contributed by atoms with van der Waals surface area (Å²) < 4.78 is 0. The average Bonchev–Trinajstić information content (AvgIpc) is 2.46. The lowest BCUT2D eigenvalue weighted by molar-refractivity contribution is 0.0378. The minimum Gasteiger partial charge on any atom is -0.392 e. The van der Waals surface area contributed by atoms with E-state index in [4.69, 9.17) is 0 Å². The quantitative estimate of drug-likeness (QED) is 0.905. The first-order valence-electron chi connectivity index (χ1n) is 7.67. The molecule has 1 fully saturated rings. The Morgan fingerprint density at radius 2 is 2.29 bits per heavy atom. The molecule has 2 heterocycles. The highest BCUT2D eigenvalue weighted by Gasteiger charge is 2.29. The second-order valence-corrected chi connectivity index (χ2v) is 5.86. The second-order valence-electron chi connectivity index (χ2n) is 5.86. The summed E-state index contributed by atoms with van der Waals surface area (Å²) in [7, 11) is 0. The number of rotatable bonds is 4. The first-order chi connectivity index (χ1) is 10.0. The molecule has 21 heavy (non-hydrogen) atoms. The van der Waals surface area contributed by atoms with Crippen LogP contribution in [0.15, 0.2) is 18.3 Å². The van der Waals surface area contributed by atoms with Crippen LogP contribution in [-0.2, 0) is 6.42 Å². The zero-order chi connectivity index (χ0) is 15.4. The Hall–Kier alpha value is -1.46. The summed E-state index contributed by atoms with van der Waals surface area (Å²) in [4.78, 5) is 20.9. The maximum Gasteiger partial charge on any atom is 0.272 e. The van der Waals surface area contributed by atoms with Gasteiger partial charge in [0.15, 0.2) is 0 Å². The van der Waals surface area contributed by atoms with Crippen molar-refractivity contribution in [3.05, 3.63) is 29.6 Å². The van der Waals surface area contributed by atoms with Gasteiger partial charge in [-0.05, 0) is 38.0 Å². The van der Waals surface area contributed by atoms with Crippen molar-refractivity contribution in [3.8, 4) is 0 Å². The van der Waals surface area contributed by atoms with Crippen LogP contribution in [0.1, 0.15) is 36.8 Å². The summed E-state index contributed by atoms with van der Waals surface area (Å²) in [6.45, 7) is 8.86. The summed E-state index contributed by atoms with van der Waals surface area (Å²) in [5, 5.41) is 9.47. The lowest BCUT2D eigenvalue weighted by atomic mass is 10.1. The second kappa shape index (κ2) is 7.00. The number of aryl methyl sites for hydroxylation is 1. The predicted molar refractivity (Wildman–Crippen MR) is 82.2 cm³/mol. The molecule has 116 valence electrons. The SMILES string of the molecule is CCc1ccnc(C(=O)N2CCN(C[C@H](C)O)C[C@@H]2C)c1. The van der Waals surface area contributed by atoms with E-state index in [9.17, 15) is 9.90 Å². The van der Waals surface area contributed by atoms with Crippen molar-refractivity contribution in [2.45, 2.75) is 39.3 Å². The summed E-state index contributed by atoms with van der Waals surface area (Å²) in [5.41, 5.74) is 1.67. The summed E-state index contributed by atoms with van der Waals surface area (Å²) in [6, 6.07) is 3.97. The van der Waals surface area contributed by atoms with E-state index in [1.165, 1.54) is 0 Å². The Bertz CT molecular complexity index is 490. The highest BCUT2D eigenvalue weighted by Crippen LogP contribution is 2.14. The normalized spacial score (nSPS) is 21.3. The maximum atomic E-state index is 12.6. The molecule has 1 amide bonds. The predicted octanol–water partition coefficient (Wildman–Crippen LogP) is 1.17. The summed E-state index contributed by atoms with van der Waals surface area (Å²) >= 11 is 0. The number of carbonyl (C=O) groups is 1. The van der Waals surface area contributed by atoms with Gasteiger partial charge < -0.3 is 10.0 Å². The number of aliphatic hydroxyl groups is 1.